The first-order valence-corrected chi connectivity index (χ1v) is 11.3. The zero-order valence-corrected chi connectivity index (χ0v) is 18.4. The zero-order chi connectivity index (χ0) is 22.7. The van der Waals surface area contributed by atoms with Gasteiger partial charge < -0.3 is 10.1 Å². The van der Waals surface area contributed by atoms with Crippen LogP contribution in [0, 0.1) is 11.6 Å². The van der Waals surface area contributed by atoms with Crippen LogP contribution in [0.1, 0.15) is 5.56 Å². The number of amides is 1. The molecular formula is C22H17F2N3O3S2. The topological polar surface area (TPSA) is 73.2 Å². The summed E-state index contributed by atoms with van der Waals surface area (Å²) in [5.74, 6) is -1.43. The molecule has 10 heteroatoms. The highest BCUT2D eigenvalue weighted by Crippen LogP contribution is 2.23. The number of rotatable bonds is 7. The van der Waals surface area contributed by atoms with Crippen molar-refractivity contribution in [3.63, 3.8) is 0 Å². The molecule has 1 N–H and O–H groups in total. The van der Waals surface area contributed by atoms with Crippen molar-refractivity contribution in [1.29, 1.82) is 0 Å². The lowest BCUT2D eigenvalue weighted by molar-refractivity contribution is -0.113. The summed E-state index contributed by atoms with van der Waals surface area (Å²) in [6.45, 7) is 0.235. The van der Waals surface area contributed by atoms with Crippen LogP contribution in [0.2, 0.25) is 0 Å². The number of carbonyl (C=O) groups is 1. The van der Waals surface area contributed by atoms with Crippen molar-refractivity contribution < 1.29 is 18.3 Å². The third kappa shape index (κ3) is 4.81. The molecule has 0 radical (unpaired) electrons. The van der Waals surface area contributed by atoms with E-state index in [1.54, 1.807) is 24.6 Å². The largest absolute Gasteiger partial charge is 0.497 e. The minimum absolute atomic E-state index is 0.143. The molecule has 0 aliphatic rings. The molecule has 0 atom stereocenters. The van der Waals surface area contributed by atoms with E-state index >= 15 is 0 Å². The van der Waals surface area contributed by atoms with E-state index in [-0.39, 0.29) is 23.5 Å². The summed E-state index contributed by atoms with van der Waals surface area (Å²) in [5, 5.41) is 4.47. The van der Waals surface area contributed by atoms with Gasteiger partial charge >= 0.3 is 0 Å². The molecule has 2 aromatic carbocycles. The molecule has 4 rings (SSSR count). The van der Waals surface area contributed by atoms with Crippen molar-refractivity contribution in [2.45, 2.75) is 11.7 Å². The second-order valence-electron chi connectivity index (χ2n) is 6.73. The van der Waals surface area contributed by atoms with Gasteiger partial charge in [-0.15, -0.1) is 11.3 Å². The van der Waals surface area contributed by atoms with Crippen LogP contribution < -0.4 is 15.6 Å². The molecule has 1 amide bonds. The molecule has 0 aliphatic carbocycles. The number of nitrogens with one attached hydrogen (secondary N) is 1. The Bertz CT molecular complexity index is 1350. The first kappa shape index (κ1) is 22.0. The Balaban J connectivity index is 1.59. The fraction of sp³-hybridized carbons (Fsp3) is 0.136. The highest BCUT2D eigenvalue weighted by atomic mass is 32.2. The van der Waals surface area contributed by atoms with E-state index in [2.05, 4.69) is 10.3 Å². The maximum atomic E-state index is 13.8. The number of fused-ring (bicyclic) bond motifs is 1. The normalized spacial score (nSPS) is 11.0. The Labute approximate surface area is 189 Å². The fourth-order valence-corrected chi connectivity index (χ4v) is 4.61. The van der Waals surface area contributed by atoms with E-state index in [1.165, 1.54) is 15.9 Å². The van der Waals surface area contributed by atoms with Crippen molar-refractivity contribution in [3.8, 4) is 5.75 Å². The molecule has 0 fully saturated rings. The number of thiophene rings is 1. The number of aromatic nitrogens is 2. The molecular weight excluding hydrogens is 456 g/mol. The van der Waals surface area contributed by atoms with Crippen LogP contribution in [0.3, 0.4) is 0 Å². The van der Waals surface area contributed by atoms with Crippen LogP contribution in [-0.2, 0) is 11.3 Å². The molecule has 32 heavy (non-hydrogen) atoms. The van der Waals surface area contributed by atoms with Crippen LogP contribution in [0.25, 0.3) is 10.2 Å². The summed E-state index contributed by atoms with van der Waals surface area (Å²) in [4.78, 5) is 30.0. The predicted molar refractivity (Wildman–Crippen MR) is 122 cm³/mol. The molecule has 2 heterocycles. The Morgan fingerprint density at radius 2 is 2.06 bits per heavy atom. The van der Waals surface area contributed by atoms with Crippen LogP contribution in [0.4, 0.5) is 14.5 Å². The second-order valence-corrected chi connectivity index (χ2v) is 8.59. The lowest BCUT2D eigenvalue weighted by atomic mass is 10.2. The van der Waals surface area contributed by atoms with E-state index in [9.17, 15) is 18.4 Å². The lowest BCUT2D eigenvalue weighted by Gasteiger charge is -2.13. The second kappa shape index (κ2) is 9.49. The quantitative estimate of drug-likeness (QED) is 0.316. The lowest BCUT2D eigenvalue weighted by Crippen LogP contribution is -2.24. The smallest absolute Gasteiger partial charge is 0.272 e. The average molecular weight is 474 g/mol. The Kier molecular flexibility index (Phi) is 6.52. The summed E-state index contributed by atoms with van der Waals surface area (Å²) in [6.07, 6.45) is 0. The van der Waals surface area contributed by atoms with Crippen LogP contribution in [0.15, 0.2) is 63.9 Å². The van der Waals surface area contributed by atoms with Gasteiger partial charge in [0.1, 0.15) is 22.1 Å². The van der Waals surface area contributed by atoms with Gasteiger partial charge in [0.15, 0.2) is 5.16 Å². The minimum Gasteiger partial charge on any atom is -0.497 e. The van der Waals surface area contributed by atoms with E-state index in [4.69, 9.17) is 4.74 Å². The summed E-state index contributed by atoms with van der Waals surface area (Å²) >= 11 is 2.34. The van der Waals surface area contributed by atoms with Gasteiger partial charge in [0.25, 0.3) is 5.56 Å². The van der Waals surface area contributed by atoms with Gasteiger partial charge in [-0.05, 0) is 41.3 Å². The number of thioether (sulfide) groups is 1. The van der Waals surface area contributed by atoms with Gasteiger partial charge in [0.05, 0.1) is 30.6 Å². The van der Waals surface area contributed by atoms with Crippen LogP contribution in [0.5, 0.6) is 5.75 Å². The number of hydrogen-bond acceptors (Lipinski definition) is 6. The molecule has 0 saturated carbocycles. The monoisotopic (exact) mass is 473 g/mol. The van der Waals surface area contributed by atoms with E-state index in [0.717, 1.165) is 35.5 Å². The summed E-state index contributed by atoms with van der Waals surface area (Å²) in [6, 6.07) is 11.9. The summed E-state index contributed by atoms with van der Waals surface area (Å²) in [5.41, 5.74) is 0.913. The van der Waals surface area contributed by atoms with Gasteiger partial charge in [-0.3, -0.25) is 14.2 Å². The highest BCUT2D eigenvalue weighted by Gasteiger charge is 2.16. The van der Waals surface area contributed by atoms with Gasteiger partial charge in [0.2, 0.25) is 5.91 Å². The van der Waals surface area contributed by atoms with Gasteiger partial charge in [-0.1, -0.05) is 23.9 Å². The summed E-state index contributed by atoms with van der Waals surface area (Å²) in [7, 11) is 1.56. The highest BCUT2D eigenvalue weighted by molar-refractivity contribution is 7.99. The van der Waals surface area contributed by atoms with Crippen molar-refractivity contribution in [2.24, 2.45) is 0 Å². The predicted octanol–water partition coefficient (Wildman–Crippen LogP) is 4.52. The first-order valence-electron chi connectivity index (χ1n) is 9.43. The van der Waals surface area contributed by atoms with Gasteiger partial charge in [-0.25, -0.2) is 13.8 Å². The standard InChI is InChI=1S/C22H17F2N3O3S2/c1-30-15-4-2-3-13(9-15)11-27-21(29)20-17(7-8-31-20)26-22(27)32-12-19(28)25-18-10-14(23)5-6-16(18)24/h2-10H,11-12H2,1H3,(H,25,28). The molecule has 0 aliphatic heterocycles. The molecule has 6 nitrogen and oxygen atoms in total. The van der Waals surface area contributed by atoms with Crippen LogP contribution in [-0.4, -0.2) is 28.3 Å². The van der Waals surface area contributed by atoms with E-state index in [0.29, 0.717) is 21.1 Å². The van der Waals surface area contributed by atoms with Crippen LogP contribution >= 0.6 is 23.1 Å². The molecule has 2 aromatic heterocycles. The molecule has 0 saturated heterocycles. The molecule has 4 aromatic rings. The Hall–Kier alpha value is -3.24. The summed E-state index contributed by atoms with van der Waals surface area (Å²) < 4.78 is 34.4. The number of hydrogen-bond donors (Lipinski definition) is 1. The zero-order valence-electron chi connectivity index (χ0n) is 16.8. The maximum Gasteiger partial charge on any atom is 0.272 e. The average Bonchev–Trinajstić information content (AvgIpc) is 3.26. The Morgan fingerprint density at radius 1 is 1.22 bits per heavy atom. The van der Waals surface area contributed by atoms with Crippen molar-refractivity contribution >= 4 is 44.9 Å². The van der Waals surface area contributed by atoms with Gasteiger partial charge in [0, 0.05) is 6.07 Å². The molecule has 164 valence electrons. The van der Waals surface area contributed by atoms with E-state index in [1.807, 2.05) is 18.2 Å². The maximum absolute atomic E-state index is 13.8. The van der Waals surface area contributed by atoms with Crippen molar-refractivity contribution in [3.05, 3.63) is 81.5 Å². The number of carbonyl (C=O) groups excluding carboxylic acids is 1. The fourth-order valence-electron chi connectivity index (χ4n) is 3.04. The molecule has 0 bridgehead atoms. The van der Waals surface area contributed by atoms with Gasteiger partial charge in [-0.2, -0.15) is 0 Å². The SMILES string of the molecule is COc1cccc(Cn2c(SCC(=O)Nc3cc(F)ccc3F)nc3ccsc3c2=O)c1. The number of halogens is 2. The third-order valence-electron chi connectivity index (χ3n) is 4.54. The van der Waals surface area contributed by atoms with Crippen molar-refractivity contribution in [1.82, 2.24) is 9.55 Å². The number of nitrogens with zero attached hydrogens (tertiary/aromatic N) is 2. The Morgan fingerprint density at radius 3 is 2.88 bits per heavy atom. The molecule has 0 unspecified atom stereocenters. The minimum atomic E-state index is -0.738. The number of anilines is 1. The number of ether oxygens (including phenoxy) is 1. The van der Waals surface area contributed by atoms with E-state index < -0.39 is 17.5 Å². The number of benzene rings is 2. The third-order valence-corrected chi connectivity index (χ3v) is 6.41. The van der Waals surface area contributed by atoms with Crippen molar-refractivity contribution in [2.75, 3.05) is 18.2 Å². The molecule has 0 spiro atoms. The number of methoxy groups -OCH3 is 1. The first-order chi connectivity index (χ1) is 15.4.